The Labute approximate surface area is 112 Å². The van der Waals surface area contributed by atoms with Crippen molar-refractivity contribution < 1.29 is 14.3 Å². The molecule has 0 unspecified atom stereocenters. The van der Waals surface area contributed by atoms with Crippen molar-refractivity contribution in [2.75, 3.05) is 12.8 Å². The highest BCUT2D eigenvalue weighted by Crippen LogP contribution is 2.09. The highest BCUT2D eigenvalue weighted by Gasteiger charge is 2.29. The summed E-state index contributed by atoms with van der Waals surface area (Å²) in [5, 5.41) is 2.56. The predicted octanol–water partition coefficient (Wildman–Crippen LogP) is 1.35. The Morgan fingerprint density at radius 1 is 1.37 bits per heavy atom. The van der Waals surface area contributed by atoms with E-state index in [1.54, 1.807) is 38.1 Å². The Kier molecular flexibility index (Phi) is 4.69. The largest absolute Gasteiger partial charge is 0.467 e. The number of nitrogens with one attached hydrogen (secondary N) is 1. The summed E-state index contributed by atoms with van der Waals surface area (Å²) in [6, 6.07) is 7.13. The first-order valence-electron chi connectivity index (χ1n) is 5.79. The fourth-order valence-electron chi connectivity index (χ4n) is 1.49. The number of nitrogen functional groups attached to an aromatic ring is 1. The maximum absolute atomic E-state index is 11.7. The molecule has 0 saturated carbocycles. The predicted molar refractivity (Wildman–Crippen MR) is 74.1 cm³/mol. The van der Waals surface area contributed by atoms with Gasteiger partial charge >= 0.3 is 5.97 Å². The van der Waals surface area contributed by atoms with Crippen molar-refractivity contribution in [3.63, 3.8) is 0 Å². The molecule has 1 amide bonds. The summed E-state index contributed by atoms with van der Waals surface area (Å²) in [6.45, 7) is 3.15. The lowest BCUT2D eigenvalue weighted by Crippen LogP contribution is -2.49. The van der Waals surface area contributed by atoms with Gasteiger partial charge in [-0.25, -0.2) is 4.79 Å². The van der Waals surface area contributed by atoms with Crippen molar-refractivity contribution >= 4 is 23.6 Å². The average molecular weight is 262 g/mol. The molecule has 0 heterocycles. The van der Waals surface area contributed by atoms with Crippen LogP contribution in [-0.2, 0) is 14.3 Å². The zero-order valence-electron chi connectivity index (χ0n) is 11.3. The number of esters is 1. The van der Waals surface area contributed by atoms with Gasteiger partial charge in [0.15, 0.2) is 0 Å². The quantitative estimate of drug-likeness (QED) is 0.487. The van der Waals surface area contributed by atoms with Crippen molar-refractivity contribution in [1.82, 2.24) is 5.32 Å². The zero-order chi connectivity index (χ0) is 14.5. The number of nitrogens with two attached hydrogens (primary N) is 1. The van der Waals surface area contributed by atoms with E-state index in [4.69, 9.17) is 5.73 Å². The Hall–Kier alpha value is -2.30. The standard InChI is InChI=1S/C14H18N2O3/c1-14(2,13(18)19-3)16-12(17)8-7-10-5-4-6-11(15)9-10/h4-9H,15H2,1-3H3,(H,16,17)/b8-7+. The third-order valence-corrected chi connectivity index (χ3v) is 2.47. The highest BCUT2D eigenvalue weighted by atomic mass is 16.5. The van der Waals surface area contributed by atoms with Crippen LogP contribution in [0.25, 0.3) is 6.08 Å². The summed E-state index contributed by atoms with van der Waals surface area (Å²) in [4.78, 5) is 23.1. The molecule has 0 bridgehead atoms. The molecule has 102 valence electrons. The van der Waals surface area contributed by atoms with Gasteiger partial charge in [-0.2, -0.15) is 0 Å². The van der Waals surface area contributed by atoms with Crippen molar-refractivity contribution in [2.24, 2.45) is 0 Å². The van der Waals surface area contributed by atoms with E-state index in [0.29, 0.717) is 5.69 Å². The molecule has 3 N–H and O–H groups in total. The lowest BCUT2D eigenvalue weighted by atomic mass is 10.1. The molecule has 1 aromatic carbocycles. The molecule has 5 nitrogen and oxygen atoms in total. The normalized spacial score (nSPS) is 11.3. The van der Waals surface area contributed by atoms with Gasteiger partial charge in [0.2, 0.25) is 5.91 Å². The van der Waals surface area contributed by atoms with Gasteiger partial charge < -0.3 is 15.8 Å². The monoisotopic (exact) mass is 262 g/mol. The number of amides is 1. The van der Waals surface area contributed by atoms with E-state index in [2.05, 4.69) is 10.1 Å². The van der Waals surface area contributed by atoms with Crippen LogP contribution in [0.3, 0.4) is 0 Å². The minimum atomic E-state index is -1.06. The lowest BCUT2D eigenvalue weighted by molar-refractivity contribution is -0.148. The average Bonchev–Trinajstić information content (AvgIpc) is 2.35. The Morgan fingerprint density at radius 3 is 2.63 bits per heavy atom. The van der Waals surface area contributed by atoms with Crippen molar-refractivity contribution in [1.29, 1.82) is 0 Å². The van der Waals surface area contributed by atoms with Crippen molar-refractivity contribution in [2.45, 2.75) is 19.4 Å². The summed E-state index contributed by atoms with van der Waals surface area (Å²) < 4.78 is 4.60. The maximum atomic E-state index is 11.7. The molecule has 0 fully saturated rings. The molecule has 0 aromatic heterocycles. The second kappa shape index (κ2) is 6.04. The second-order valence-corrected chi connectivity index (χ2v) is 4.61. The van der Waals surface area contributed by atoms with Gasteiger partial charge in [-0.15, -0.1) is 0 Å². The molecule has 0 radical (unpaired) electrons. The summed E-state index contributed by atoms with van der Waals surface area (Å²) >= 11 is 0. The van der Waals surface area contributed by atoms with E-state index in [9.17, 15) is 9.59 Å². The molecular weight excluding hydrogens is 244 g/mol. The number of ether oxygens (including phenoxy) is 1. The molecule has 1 rings (SSSR count). The molecule has 0 aliphatic carbocycles. The molecule has 0 atom stereocenters. The van der Waals surface area contributed by atoms with Gasteiger partial charge in [0.1, 0.15) is 5.54 Å². The number of rotatable bonds is 4. The first-order chi connectivity index (χ1) is 8.85. The van der Waals surface area contributed by atoms with Crippen LogP contribution < -0.4 is 11.1 Å². The van der Waals surface area contributed by atoms with Gasteiger partial charge in [-0.1, -0.05) is 12.1 Å². The van der Waals surface area contributed by atoms with E-state index >= 15 is 0 Å². The third kappa shape index (κ3) is 4.46. The number of carbonyl (C=O) groups is 2. The first kappa shape index (κ1) is 14.8. The Balaban J connectivity index is 2.68. The lowest BCUT2D eigenvalue weighted by Gasteiger charge is -2.22. The fraction of sp³-hybridized carbons (Fsp3) is 0.286. The van der Waals surface area contributed by atoms with Crippen LogP contribution in [0.2, 0.25) is 0 Å². The molecular formula is C14H18N2O3. The maximum Gasteiger partial charge on any atom is 0.330 e. The van der Waals surface area contributed by atoms with Gasteiger partial charge in [0.25, 0.3) is 0 Å². The highest BCUT2D eigenvalue weighted by molar-refractivity contribution is 5.95. The fourth-order valence-corrected chi connectivity index (χ4v) is 1.49. The number of benzene rings is 1. The van der Waals surface area contributed by atoms with E-state index in [-0.39, 0.29) is 5.91 Å². The van der Waals surface area contributed by atoms with E-state index in [0.717, 1.165) is 5.56 Å². The molecule has 0 spiro atoms. The molecule has 0 aliphatic heterocycles. The first-order valence-corrected chi connectivity index (χ1v) is 5.79. The molecule has 0 saturated heterocycles. The van der Waals surface area contributed by atoms with E-state index < -0.39 is 11.5 Å². The zero-order valence-corrected chi connectivity index (χ0v) is 11.3. The second-order valence-electron chi connectivity index (χ2n) is 4.61. The third-order valence-electron chi connectivity index (χ3n) is 2.47. The summed E-state index contributed by atoms with van der Waals surface area (Å²) in [7, 11) is 1.28. The number of carbonyl (C=O) groups excluding carboxylic acids is 2. The number of methoxy groups -OCH3 is 1. The minimum absolute atomic E-state index is 0.377. The van der Waals surface area contributed by atoms with Crippen LogP contribution in [0.4, 0.5) is 5.69 Å². The van der Waals surface area contributed by atoms with Crippen LogP contribution in [-0.4, -0.2) is 24.5 Å². The van der Waals surface area contributed by atoms with Crippen LogP contribution in [0.15, 0.2) is 30.3 Å². The van der Waals surface area contributed by atoms with Crippen LogP contribution in [0.1, 0.15) is 19.4 Å². The van der Waals surface area contributed by atoms with E-state index in [1.807, 2.05) is 6.07 Å². The molecule has 1 aromatic rings. The SMILES string of the molecule is COC(=O)C(C)(C)NC(=O)/C=C/c1cccc(N)c1. The number of hydrogen-bond donors (Lipinski definition) is 2. The number of hydrogen-bond acceptors (Lipinski definition) is 4. The smallest absolute Gasteiger partial charge is 0.330 e. The summed E-state index contributed by atoms with van der Waals surface area (Å²) in [5.74, 6) is -0.879. The number of anilines is 1. The topological polar surface area (TPSA) is 81.4 Å². The molecule has 5 heteroatoms. The van der Waals surface area contributed by atoms with Crippen molar-refractivity contribution in [3.05, 3.63) is 35.9 Å². The van der Waals surface area contributed by atoms with Gasteiger partial charge in [-0.05, 0) is 37.6 Å². The van der Waals surface area contributed by atoms with Gasteiger partial charge in [0.05, 0.1) is 7.11 Å². The Morgan fingerprint density at radius 2 is 2.05 bits per heavy atom. The summed E-state index contributed by atoms with van der Waals surface area (Å²) in [6.07, 6.45) is 2.97. The molecule has 0 aliphatic rings. The van der Waals surface area contributed by atoms with Crippen LogP contribution in [0.5, 0.6) is 0 Å². The molecule has 19 heavy (non-hydrogen) atoms. The van der Waals surface area contributed by atoms with E-state index in [1.165, 1.54) is 13.2 Å². The summed E-state index contributed by atoms with van der Waals surface area (Å²) in [5.41, 5.74) is 6.00. The van der Waals surface area contributed by atoms with Gasteiger partial charge in [0, 0.05) is 11.8 Å². The van der Waals surface area contributed by atoms with Gasteiger partial charge in [-0.3, -0.25) is 4.79 Å². The van der Waals surface area contributed by atoms with Crippen LogP contribution in [0, 0.1) is 0 Å². The Bertz CT molecular complexity index is 507. The van der Waals surface area contributed by atoms with Crippen LogP contribution >= 0.6 is 0 Å². The minimum Gasteiger partial charge on any atom is -0.467 e. The van der Waals surface area contributed by atoms with Crippen molar-refractivity contribution in [3.8, 4) is 0 Å².